The molecule has 0 aromatic carbocycles. The fraction of sp³-hybridized carbons (Fsp3) is 0.625. The van der Waals surface area contributed by atoms with Crippen molar-refractivity contribution in [2.24, 2.45) is 7.05 Å². The highest BCUT2D eigenvalue weighted by Gasteiger charge is 2.03. The molecular formula is C8H14ClN3. The number of nitrogens with one attached hydrogen (secondary N) is 1. The van der Waals surface area contributed by atoms with Crippen molar-refractivity contribution >= 4 is 17.5 Å². The molecule has 0 aliphatic heterocycles. The van der Waals surface area contributed by atoms with E-state index in [4.69, 9.17) is 11.6 Å². The summed E-state index contributed by atoms with van der Waals surface area (Å²) in [7, 11) is 1.96. The largest absolute Gasteiger partial charge is 0.353 e. The lowest BCUT2D eigenvalue weighted by molar-refractivity contribution is 0.744. The van der Waals surface area contributed by atoms with Crippen LogP contribution in [0.4, 0.5) is 5.95 Å². The third-order valence-corrected chi connectivity index (χ3v) is 1.96. The van der Waals surface area contributed by atoms with Crippen LogP contribution in [-0.2, 0) is 7.05 Å². The van der Waals surface area contributed by atoms with Crippen molar-refractivity contribution in [3.63, 3.8) is 0 Å². The Kier molecular flexibility index (Phi) is 3.41. The lowest BCUT2D eigenvalue weighted by Crippen LogP contribution is -2.17. The van der Waals surface area contributed by atoms with Crippen molar-refractivity contribution in [3.8, 4) is 0 Å². The Morgan fingerprint density at radius 3 is 3.00 bits per heavy atom. The molecular weight excluding hydrogens is 174 g/mol. The van der Waals surface area contributed by atoms with Crippen LogP contribution in [0.5, 0.6) is 0 Å². The minimum atomic E-state index is 0.378. The molecule has 1 heterocycles. The first-order valence-corrected chi connectivity index (χ1v) is 4.57. The second-order valence-electron chi connectivity index (χ2n) is 2.88. The maximum absolute atomic E-state index is 5.61. The van der Waals surface area contributed by atoms with Gasteiger partial charge in [-0.2, -0.15) is 0 Å². The summed E-state index contributed by atoms with van der Waals surface area (Å²) in [4.78, 5) is 4.15. The average Bonchev–Trinajstić information content (AvgIpc) is 2.37. The van der Waals surface area contributed by atoms with E-state index in [1.54, 1.807) is 6.20 Å². The first-order chi connectivity index (χ1) is 5.74. The standard InChI is InChI=1S/C8H14ClN3/c1-7(3-4-9)11-8-10-5-6-12(8)2/h5-7H,3-4H2,1-2H3,(H,10,11). The van der Waals surface area contributed by atoms with E-state index in [2.05, 4.69) is 17.2 Å². The van der Waals surface area contributed by atoms with E-state index >= 15 is 0 Å². The van der Waals surface area contributed by atoms with Crippen LogP contribution in [0.25, 0.3) is 0 Å². The van der Waals surface area contributed by atoms with Crippen molar-refractivity contribution in [1.82, 2.24) is 9.55 Å². The normalized spacial score (nSPS) is 12.9. The van der Waals surface area contributed by atoms with Gasteiger partial charge >= 0.3 is 0 Å². The van der Waals surface area contributed by atoms with Gasteiger partial charge in [-0.15, -0.1) is 11.6 Å². The van der Waals surface area contributed by atoms with Crippen molar-refractivity contribution in [2.75, 3.05) is 11.2 Å². The molecule has 0 saturated heterocycles. The average molecular weight is 188 g/mol. The Balaban J connectivity index is 2.46. The molecule has 3 nitrogen and oxygen atoms in total. The molecule has 1 atom stereocenters. The smallest absolute Gasteiger partial charge is 0.202 e. The van der Waals surface area contributed by atoms with Gasteiger partial charge in [0.1, 0.15) is 0 Å². The molecule has 1 rings (SSSR count). The van der Waals surface area contributed by atoms with Gasteiger partial charge in [0.25, 0.3) is 0 Å². The van der Waals surface area contributed by atoms with Gasteiger partial charge in [-0.1, -0.05) is 0 Å². The quantitative estimate of drug-likeness (QED) is 0.730. The minimum Gasteiger partial charge on any atom is -0.353 e. The summed E-state index contributed by atoms with van der Waals surface area (Å²) >= 11 is 5.61. The number of aromatic nitrogens is 2. The summed E-state index contributed by atoms with van der Waals surface area (Å²) in [5.74, 6) is 1.58. The molecule has 0 aliphatic carbocycles. The van der Waals surface area contributed by atoms with Gasteiger partial charge in [0, 0.05) is 31.4 Å². The van der Waals surface area contributed by atoms with E-state index in [1.165, 1.54) is 0 Å². The van der Waals surface area contributed by atoms with Gasteiger partial charge in [0.15, 0.2) is 0 Å². The highest BCUT2D eigenvalue weighted by Crippen LogP contribution is 2.05. The monoisotopic (exact) mass is 187 g/mol. The Bertz CT molecular complexity index is 234. The third kappa shape index (κ3) is 2.41. The summed E-state index contributed by atoms with van der Waals surface area (Å²) in [5, 5.41) is 3.26. The van der Waals surface area contributed by atoms with Crippen molar-refractivity contribution in [2.45, 2.75) is 19.4 Å². The van der Waals surface area contributed by atoms with E-state index < -0.39 is 0 Å². The highest BCUT2D eigenvalue weighted by atomic mass is 35.5. The van der Waals surface area contributed by atoms with E-state index in [0.29, 0.717) is 11.9 Å². The molecule has 12 heavy (non-hydrogen) atoms. The van der Waals surface area contributed by atoms with Gasteiger partial charge in [0.05, 0.1) is 0 Å². The number of aryl methyl sites for hydroxylation is 1. The number of hydrogen-bond acceptors (Lipinski definition) is 2. The van der Waals surface area contributed by atoms with Gasteiger partial charge in [-0.3, -0.25) is 0 Å². The number of anilines is 1. The van der Waals surface area contributed by atoms with E-state index in [1.807, 2.05) is 17.8 Å². The lowest BCUT2D eigenvalue weighted by Gasteiger charge is -2.12. The molecule has 0 saturated carbocycles. The number of hydrogen-bond donors (Lipinski definition) is 1. The van der Waals surface area contributed by atoms with Crippen LogP contribution in [0.15, 0.2) is 12.4 Å². The topological polar surface area (TPSA) is 29.9 Å². The number of nitrogens with zero attached hydrogens (tertiary/aromatic N) is 2. The molecule has 0 spiro atoms. The molecule has 0 radical (unpaired) electrons. The molecule has 0 amide bonds. The van der Waals surface area contributed by atoms with Crippen molar-refractivity contribution in [3.05, 3.63) is 12.4 Å². The van der Waals surface area contributed by atoms with Gasteiger partial charge < -0.3 is 9.88 Å². The molecule has 68 valence electrons. The number of imidazole rings is 1. The van der Waals surface area contributed by atoms with Crippen molar-refractivity contribution < 1.29 is 0 Å². The maximum Gasteiger partial charge on any atom is 0.202 e. The molecule has 1 aromatic rings. The van der Waals surface area contributed by atoms with Gasteiger partial charge in [-0.25, -0.2) is 4.98 Å². The first-order valence-electron chi connectivity index (χ1n) is 4.04. The lowest BCUT2D eigenvalue weighted by atomic mass is 10.3. The predicted molar refractivity (Wildman–Crippen MR) is 51.6 cm³/mol. The van der Waals surface area contributed by atoms with Crippen LogP contribution in [0.2, 0.25) is 0 Å². The van der Waals surface area contributed by atoms with Crippen LogP contribution in [0.3, 0.4) is 0 Å². The van der Waals surface area contributed by atoms with Gasteiger partial charge in [-0.05, 0) is 13.3 Å². The fourth-order valence-corrected chi connectivity index (χ4v) is 1.29. The van der Waals surface area contributed by atoms with E-state index in [0.717, 1.165) is 12.4 Å². The van der Waals surface area contributed by atoms with Crippen molar-refractivity contribution in [1.29, 1.82) is 0 Å². The predicted octanol–water partition coefficient (Wildman–Crippen LogP) is 1.85. The maximum atomic E-state index is 5.61. The minimum absolute atomic E-state index is 0.378. The number of rotatable bonds is 4. The zero-order chi connectivity index (χ0) is 8.97. The Morgan fingerprint density at radius 1 is 1.75 bits per heavy atom. The Hall–Kier alpha value is -0.700. The molecule has 4 heteroatoms. The first kappa shape index (κ1) is 9.39. The molecule has 1 unspecified atom stereocenters. The molecule has 0 aliphatic rings. The molecule has 0 fully saturated rings. The Labute approximate surface area is 77.7 Å². The van der Waals surface area contributed by atoms with E-state index in [9.17, 15) is 0 Å². The summed E-state index contributed by atoms with van der Waals surface area (Å²) in [5.41, 5.74) is 0. The summed E-state index contributed by atoms with van der Waals surface area (Å²) in [6.07, 6.45) is 4.64. The van der Waals surface area contributed by atoms with Crippen LogP contribution in [0, 0.1) is 0 Å². The zero-order valence-corrected chi connectivity index (χ0v) is 8.17. The summed E-state index contributed by atoms with van der Waals surface area (Å²) in [6.45, 7) is 2.09. The van der Waals surface area contributed by atoms with E-state index in [-0.39, 0.29) is 0 Å². The van der Waals surface area contributed by atoms with Gasteiger partial charge in [0.2, 0.25) is 5.95 Å². The second-order valence-corrected chi connectivity index (χ2v) is 3.26. The fourth-order valence-electron chi connectivity index (χ4n) is 0.961. The van der Waals surface area contributed by atoms with Crippen LogP contribution in [-0.4, -0.2) is 21.5 Å². The Morgan fingerprint density at radius 2 is 2.50 bits per heavy atom. The summed E-state index contributed by atoms with van der Waals surface area (Å²) < 4.78 is 1.95. The second kappa shape index (κ2) is 4.36. The number of alkyl halides is 1. The molecule has 1 aromatic heterocycles. The third-order valence-electron chi connectivity index (χ3n) is 1.74. The summed E-state index contributed by atoms with van der Waals surface area (Å²) in [6, 6.07) is 0.378. The van der Waals surface area contributed by atoms with Crippen LogP contribution in [0.1, 0.15) is 13.3 Å². The molecule has 1 N–H and O–H groups in total. The number of halogens is 1. The zero-order valence-electron chi connectivity index (χ0n) is 7.42. The highest BCUT2D eigenvalue weighted by molar-refractivity contribution is 6.17. The van der Waals surface area contributed by atoms with Crippen LogP contribution < -0.4 is 5.32 Å². The SMILES string of the molecule is CC(CCCl)Nc1nccn1C. The van der Waals surface area contributed by atoms with Crippen LogP contribution >= 0.6 is 11.6 Å². The molecule has 0 bridgehead atoms.